The summed E-state index contributed by atoms with van der Waals surface area (Å²) in [7, 11) is 0. The lowest BCUT2D eigenvalue weighted by Crippen LogP contribution is -1.79. The topological polar surface area (TPSA) is 33.4 Å². The van der Waals surface area contributed by atoms with Gasteiger partial charge in [-0.05, 0) is 30.7 Å². The van der Waals surface area contributed by atoms with Crippen molar-refractivity contribution < 1.29 is 9.52 Å². The largest absolute Gasteiger partial charge is 0.461 e. The quantitative estimate of drug-likeness (QED) is 0.697. The fraction of sp³-hybridized carbons (Fsp3) is 0.200. The maximum Gasteiger partial charge on any atom is 0.134 e. The molecule has 2 aromatic rings. The molecule has 0 amide bonds. The molecular weight excluding hydrogens is 152 g/mol. The van der Waals surface area contributed by atoms with Gasteiger partial charge in [0.05, 0.1) is 6.61 Å². The molecule has 0 aliphatic heterocycles. The van der Waals surface area contributed by atoms with E-state index in [0.717, 1.165) is 22.3 Å². The van der Waals surface area contributed by atoms with Crippen molar-refractivity contribution in [1.82, 2.24) is 0 Å². The number of aliphatic hydroxyl groups excluding tert-OH is 1. The van der Waals surface area contributed by atoms with Gasteiger partial charge in [-0.3, -0.25) is 0 Å². The van der Waals surface area contributed by atoms with Crippen LogP contribution in [-0.4, -0.2) is 5.11 Å². The summed E-state index contributed by atoms with van der Waals surface area (Å²) < 4.78 is 5.39. The summed E-state index contributed by atoms with van der Waals surface area (Å²) in [5, 5.41) is 9.93. The summed E-state index contributed by atoms with van der Waals surface area (Å²) in [5.41, 5.74) is 1.80. The third-order valence-electron chi connectivity index (χ3n) is 1.89. The highest BCUT2D eigenvalue weighted by Crippen LogP contribution is 2.19. The zero-order valence-corrected chi connectivity index (χ0v) is 6.87. The Morgan fingerprint density at radius 1 is 1.33 bits per heavy atom. The van der Waals surface area contributed by atoms with Gasteiger partial charge in [-0.1, -0.05) is 6.07 Å². The molecule has 0 unspecified atom stereocenters. The van der Waals surface area contributed by atoms with E-state index in [9.17, 15) is 0 Å². The number of rotatable bonds is 1. The molecule has 0 aliphatic carbocycles. The van der Waals surface area contributed by atoms with E-state index in [0.29, 0.717) is 0 Å². The van der Waals surface area contributed by atoms with Gasteiger partial charge >= 0.3 is 0 Å². The number of hydrogen-bond donors (Lipinski definition) is 1. The number of benzene rings is 1. The second-order valence-electron chi connectivity index (χ2n) is 2.89. The smallest absolute Gasteiger partial charge is 0.134 e. The molecule has 12 heavy (non-hydrogen) atoms. The van der Waals surface area contributed by atoms with Crippen LogP contribution in [0.1, 0.15) is 11.3 Å². The predicted molar refractivity (Wildman–Crippen MR) is 46.9 cm³/mol. The SMILES string of the molecule is Cc1cc2cc(CO)ccc2o1. The van der Waals surface area contributed by atoms with E-state index in [1.54, 1.807) is 0 Å². The standard InChI is InChI=1S/C10H10O2/c1-7-4-9-5-8(6-11)2-3-10(9)12-7/h2-5,11H,6H2,1H3. The first kappa shape index (κ1) is 7.37. The Bertz CT molecular complexity index is 401. The first-order valence-electron chi connectivity index (χ1n) is 3.89. The van der Waals surface area contributed by atoms with Gasteiger partial charge in [0.25, 0.3) is 0 Å². The van der Waals surface area contributed by atoms with Crippen molar-refractivity contribution in [2.24, 2.45) is 0 Å². The number of furan rings is 1. The zero-order chi connectivity index (χ0) is 8.55. The lowest BCUT2D eigenvalue weighted by Gasteiger charge is -1.93. The Kier molecular flexibility index (Phi) is 1.62. The highest BCUT2D eigenvalue weighted by atomic mass is 16.3. The fourth-order valence-electron chi connectivity index (χ4n) is 1.32. The molecule has 2 heteroatoms. The van der Waals surface area contributed by atoms with E-state index in [1.165, 1.54) is 0 Å². The second kappa shape index (κ2) is 2.64. The lowest BCUT2D eigenvalue weighted by molar-refractivity contribution is 0.282. The number of fused-ring (bicyclic) bond motifs is 1. The van der Waals surface area contributed by atoms with Crippen LogP contribution >= 0.6 is 0 Å². The highest BCUT2D eigenvalue weighted by Gasteiger charge is 1.99. The average Bonchev–Trinajstić information content (AvgIpc) is 2.43. The van der Waals surface area contributed by atoms with Crippen LogP contribution in [0.2, 0.25) is 0 Å². The predicted octanol–water partition coefficient (Wildman–Crippen LogP) is 2.23. The molecule has 0 radical (unpaired) electrons. The molecular formula is C10H10O2. The molecule has 1 aromatic heterocycles. The van der Waals surface area contributed by atoms with Gasteiger partial charge in [0, 0.05) is 5.39 Å². The molecule has 0 aliphatic rings. The number of hydrogen-bond acceptors (Lipinski definition) is 2. The van der Waals surface area contributed by atoms with Crippen LogP contribution in [0.15, 0.2) is 28.7 Å². The Balaban J connectivity index is 2.66. The minimum atomic E-state index is 0.0835. The molecule has 0 spiro atoms. The van der Waals surface area contributed by atoms with Crippen LogP contribution in [0.25, 0.3) is 11.0 Å². The van der Waals surface area contributed by atoms with Gasteiger partial charge in [-0.15, -0.1) is 0 Å². The van der Waals surface area contributed by atoms with Gasteiger partial charge < -0.3 is 9.52 Å². The fourth-order valence-corrected chi connectivity index (χ4v) is 1.32. The average molecular weight is 162 g/mol. The molecule has 1 heterocycles. The van der Waals surface area contributed by atoms with Gasteiger partial charge in [-0.25, -0.2) is 0 Å². The summed E-state index contributed by atoms with van der Waals surface area (Å²) in [5.74, 6) is 0.903. The van der Waals surface area contributed by atoms with Crippen molar-refractivity contribution in [3.8, 4) is 0 Å². The molecule has 1 N–H and O–H groups in total. The first-order valence-corrected chi connectivity index (χ1v) is 3.89. The van der Waals surface area contributed by atoms with Crippen molar-refractivity contribution in [3.05, 3.63) is 35.6 Å². The van der Waals surface area contributed by atoms with Gasteiger partial charge in [-0.2, -0.15) is 0 Å². The monoisotopic (exact) mass is 162 g/mol. The second-order valence-corrected chi connectivity index (χ2v) is 2.89. The molecule has 2 nitrogen and oxygen atoms in total. The van der Waals surface area contributed by atoms with Crippen LogP contribution in [0, 0.1) is 6.92 Å². The number of aryl methyl sites for hydroxylation is 1. The number of aliphatic hydroxyl groups is 1. The van der Waals surface area contributed by atoms with Crippen LogP contribution < -0.4 is 0 Å². The molecule has 0 saturated heterocycles. The van der Waals surface area contributed by atoms with E-state index in [2.05, 4.69) is 0 Å². The van der Waals surface area contributed by atoms with Crippen LogP contribution in [-0.2, 0) is 6.61 Å². The molecule has 2 rings (SSSR count). The van der Waals surface area contributed by atoms with Crippen molar-refractivity contribution in [1.29, 1.82) is 0 Å². The summed E-state index contributed by atoms with van der Waals surface area (Å²) in [4.78, 5) is 0. The first-order chi connectivity index (χ1) is 5.79. The van der Waals surface area contributed by atoms with E-state index < -0.39 is 0 Å². The molecule has 1 aromatic carbocycles. The van der Waals surface area contributed by atoms with Crippen LogP contribution in [0.3, 0.4) is 0 Å². The summed E-state index contributed by atoms with van der Waals surface area (Å²) in [6.45, 7) is 2.00. The Morgan fingerprint density at radius 3 is 2.92 bits per heavy atom. The van der Waals surface area contributed by atoms with Crippen molar-refractivity contribution in [3.63, 3.8) is 0 Å². The maximum atomic E-state index is 8.87. The van der Waals surface area contributed by atoms with Crippen molar-refractivity contribution >= 4 is 11.0 Å². The van der Waals surface area contributed by atoms with Crippen LogP contribution in [0.4, 0.5) is 0 Å². The third-order valence-corrected chi connectivity index (χ3v) is 1.89. The van der Waals surface area contributed by atoms with E-state index in [4.69, 9.17) is 9.52 Å². The maximum absolute atomic E-state index is 8.87. The summed E-state index contributed by atoms with van der Waals surface area (Å²) in [6, 6.07) is 7.65. The van der Waals surface area contributed by atoms with Crippen molar-refractivity contribution in [2.45, 2.75) is 13.5 Å². The lowest BCUT2D eigenvalue weighted by atomic mass is 10.2. The highest BCUT2D eigenvalue weighted by molar-refractivity contribution is 5.78. The third kappa shape index (κ3) is 1.10. The van der Waals surface area contributed by atoms with Gasteiger partial charge in [0.15, 0.2) is 0 Å². The van der Waals surface area contributed by atoms with E-state index in [1.807, 2.05) is 31.2 Å². The molecule has 0 atom stereocenters. The van der Waals surface area contributed by atoms with Gasteiger partial charge in [0.2, 0.25) is 0 Å². The summed E-state index contributed by atoms with van der Waals surface area (Å²) >= 11 is 0. The van der Waals surface area contributed by atoms with E-state index >= 15 is 0 Å². The van der Waals surface area contributed by atoms with Crippen LogP contribution in [0.5, 0.6) is 0 Å². The Labute approximate surface area is 70.4 Å². The normalized spacial score (nSPS) is 10.8. The minimum Gasteiger partial charge on any atom is -0.461 e. The molecule has 0 fully saturated rings. The van der Waals surface area contributed by atoms with Gasteiger partial charge in [0.1, 0.15) is 11.3 Å². The molecule has 62 valence electrons. The Hall–Kier alpha value is -1.28. The minimum absolute atomic E-state index is 0.0835. The zero-order valence-electron chi connectivity index (χ0n) is 6.87. The Morgan fingerprint density at radius 2 is 2.17 bits per heavy atom. The van der Waals surface area contributed by atoms with E-state index in [-0.39, 0.29) is 6.61 Å². The molecule has 0 saturated carbocycles. The summed E-state index contributed by atoms with van der Waals surface area (Å²) in [6.07, 6.45) is 0. The molecule has 0 bridgehead atoms. The van der Waals surface area contributed by atoms with Crippen molar-refractivity contribution in [2.75, 3.05) is 0 Å².